The zero-order valence-corrected chi connectivity index (χ0v) is 13.1. The maximum atomic E-state index is 10.6. The first kappa shape index (κ1) is 14.9. The van der Waals surface area contributed by atoms with Crippen LogP contribution in [0.2, 0.25) is 0 Å². The Hall–Kier alpha value is -1.06. The molecule has 116 valence electrons. The van der Waals surface area contributed by atoms with Crippen LogP contribution in [0.3, 0.4) is 0 Å². The number of aryl methyl sites for hydroxylation is 1. The first-order chi connectivity index (χ1) is 10.2. The van der Waals surface area contributed by atoms with E-state index in [9.17, 15) is 5.11 Å². The molecule has 0 saturated heterocycles. The van der Waals surface area contributed by atoms with Gasteiger partial charge in [0.05, 0.1) is 5.60 Å². The van der Waals surface area contributed by atoms with Crippen molar-refractivity contribution in [3.63, 3.8) is 0 Å². The number of benzene rings is 1. The Morgan fingerprint density at radius 1 is 1.33 bits per heavy atom. The smallest absolute Gasteiger partial charge is 0.0771 e. The van der Waals surface area contributed by atoms with E-state index in [1.807, 2.05) is 0 Å². The number of anilines is 1. The lowest BCUT2D eigenvalue weighted by Gasteiger charge is -2.35. The predicted octanol–water partition coefficient (Wildman–Crippen LogP) is 3.08. The second kappa shape index (κ2) is 6.37. The van der Waals surface area contributed by atoms with Gasteiger partial charge in [0.1, 0.15) is 0 Å². The van der Waals surface area contributed by atoms with Gasteiger partial charge < -0.3 is 15.7 Å². The van der Waals surface area contributed by atoms with Crippen LogP contribution < -0.4 is 10.6 Å². The quantitative estimate of drug-likeness (QED) is 0.798. The summed E-state index contributed by atoms with van der Waals surface area (Å²) in [6.07, 6.45) is 6.58. The van der Waals surface area contributed by atoms with Crippen LogP contribution >= 0.6 is 0 Å². The molecule has 1 aromatic carbocycles. The van der Waals surface area contributed by atoms with Gasteiger partial charge in [0.15, 0.2) is 0 Å². The van der Waals surface area contributed by atoms with Crippen LogP contribution in [0.25, 0.3) is 0 Å². The minimum atomic E-state index is -0.491. The Kier molecular flexibility index (Phi) is 4.51. The van der Waals surface area contributed by atoms with E-state index in [1.54, 1.807) is 0 Å². The summed E-state index contributed by atoms with van der Waals surface area (Å²) in [5, 5.41) is 17.6. The number of rotatable bonds is 4. The van der Waals surface area contributed by atoms with Gasteiger partial charge in [-0.2, -0.15) is 0 Å². The lowest BCUT2D eigenvalue weighted by Crippen LogP contribution is -2.43. The number of nitrogens with one attached hydrogen (secondary N) is 2. The highest BCUT2D eigenvalue weighted by molar-refractivity contribution is 5.59. The van der Waals surface area contributed by atoms with Gasteiger partial charge in [-0.15, -0.1) is 0 Å². The highest BCUT2D eigenvalue weighted by atomic mass is 16.3. The van der Waals surface area contributed by atoms with Gasteiger partial charge in [-0.1, -0.05) is 25.1 Å². The highest BCUT2D eigenvalue weighted by Crippen LogP contribution is 2.31. The average Bonchev–Trinajstić information content (AvgIpc) is 2.51. The summed E-state index contributed by atoms with van der Waals surface area (Å²) in [7, 11) is 0. The molecule has 3 nitrogen and oxygen atoms in total. The second-order valence-corrected chi connectivity index (χ2v) is 6.99. The van der Waals surface area contributed by atoms with Crippen molar-refractivity contribution in [3.05, 3.63) is 29.3 Å². The van der Waals surface area contributed by atoms with Gasteiger partial charge in [-0.3, -0.25) is 0 Å². The summed E-state index contributed by atoms with van der Waals surface area (Å²) in [6.45, 7) is 4.91. The van der Waals surface area contributed by atoms with Gasteiger partial charge in [-0.05, 0) is 55.6 Å². The molecule has 0 spiro atoms. The van der Waals surface area contributed by atoms with E-state index in [4.69, 9.17) is 0 Å². The molecule has 3 rings (SSSR count). The topological polar surface area (TPSA) is 44.3 Å². The van der Waals surface area contributed by atoms with Gasteiger partial charge in [0.2, 0.25) is 0 Å². The zero-order valence-electron chi connectivity index (χ0n) is 13.1. The molecule has 3 heteroatoms. The highest BCUT2D eigenvalue weighted by Gasteiger charge is 2.31. The fourth-order valence-corrected chi connectivity index (χ4v) is 3.63. The molecule has 0 amide bonds. The standard InChI is InChI=1S/C18H28N2O/c1-14-7-9-18(21,10-8-14)13-19-12-16-5-2-4-15-6-3-11-20-17(15)16/h2,4-5,14,19-21H,3,6-13H2,1H3. The molecule has 3 N–H and O–H groups in total. The lowest BCUT2D eigenvalue weighted by atomic mass is 9.79. The molecule has 1 aliphatic carbocycles. The van der Waals surface area contributed by atoms with E-state index >= 15 is 0 Å². The molecule has 1 aromatic rings. The van der Waals surface area contributed by atoms with Crippen LogP contribution in [0.4, 0.5) is 5.69 Å². The fraction of sp³-hybridized carbons (Fsp3) is 0.667. The molecule has 0 atom stereocenters. The number of para-hydroxylation sites is 1. The fourth-order valence-electron chi connectivity index (χ4n) is 3.63. The van der Waals surface area contributed by atoms with Crippen LogP contribution in [0, 0.1) is 5.92 Å². The molecule has 0 unspecified atom stereocenters. The summed E-state index contributed by atoms with van der Waals surface area (Å²) < 4.78 is 0. The molecule has 2 aliphatic rings. The molecule has 21 heavy (non-hydrogen) atoms. The molecule has 1 fully saturated rings. The summed E-state index contributed by atoms with van der Waals surface area (Å²) in [6, 6.07) is 6.57. The van der Waals surface area contributed by atoms with Crippen LogP contribution in [0.5, 0.6) is 0 Å². The Bertz CT molecular complexity index is 478. The van der Waals surface area contributed by atoms with Crippen molar-refractivity contribution in [3.8, 4) is 0 Å². The van der Waals surface area contributed by atoms with Crippen molar-refractivity contribution in [1.29, 1.82) is 0 Å². The first-order valence-electron chi connectivity index (χ1n) is 8.44. The molecule has 0 bridgehead atoms. The average molecular weight is 288 g/mol. The Morgan fingerprint density at radius 3 is 2.95 bits per heavy atom. The summed E-state index contributed by atoms with van der Waals surface area (Å²) in [5.41, 5.74) is 3.60. The maximum absolute atomic E-state index is 10.6. The predicted molar refractivity (Wildman–Crippen MR) is 87.5 cm³/mol. The van der Waals surface area contributed by atoms with Crippen molar-refractivity contribution in [1.82, 2.24) is 5.32 Å². The van der Waals surface area contributed by atoms with Crippen molar-refractivity contribution >= 4 is 5.69 Å². The van der Waals surface area contributed by atoms with E-state index in [0.717, 1.165) is 44.7 Å². The maximum Gasteiger partial charge on any atom is 0.0771 e. The first-order valence-corrected chi connectivity index (χ1v) is 8.44. The third-order valence-corrected chi connectivity index (χ3v) is 5.14. The summed E-state index contributed by atoms with van der Waals surface area (Å²) in [4.78, 5) is 0. The van der Waals surface area contributed by atoms with Crippen molar-refractivity contribution in [2.45, 2.75) is 57.6 Å². The third kappa shape index (κ3) is 3.58. The molecule has 1 heterocycles. The summed E-state index contributed by atoms with van der Waals surface area (Å²) >= 11 is 0. The number of hydrogen-bond donors (Lipinski definition) is 3. The normalized spacial score (nSPS) is 28.8. The van der Waals surface area contributed by atoms with Crippen LogP contribution in [-0.4, -0.2) is 23.8 Å². The molecule has 0 aromatic heterocycles. The third-order valence-electron chi connectivity index (χ3n) is 5.14. The van der Waals surface area contributed by atoms with E-state index in [-0.39, 0.29) is 0 Å². The Balaban J connectivity index is 1.56. The van der Waals surface area contributed by atoms with E-state index < -0.39 is 5.60 Å². The molecule has 1 saturated carbocycles. The van der Waals surface area contributed by atoms with E-state index in [1.165, 1.54) is 29.7 Å². The zero-order chi connectivity index (χ0) is 14.7. The monoisotopic (exact) mass is 288 g/mol. The molecular formula is C18H28N2O. The molecule has 0 radical (unpaired) electrons. The van der Waals surface area contributed by atoms with Crippen molar-refractivity contribution in [2.75, 3.05) is 18.4 Å². The Labute approximate surface area is 128 Å². The lowest BCUT2D eigenvalue weighted by molar-refractivity contribution is -0.00629. The van der Waals surface area contributed by atoms with Gasteiger partial charge in [-0.25, -0.2) is 0 Å². The van der Waals surface area contributed by atoms with E-state index in [0.29, 0.717) is 6.54 Å². The van der Waals surface area contributed by atoms with Gasteiger partial charge >= 0.3 is 0 Å². The van der Waals surface area contributed by atoms with Crippen LogP contribution in [0.1, 0.15) is 50.2 Å². The van der Waals surface area contributed by atoms with Crippen molar-refractivity contribution in [2.24, 2.45) is 5.92 Å². The SMILES string of the molecule is CC1CCC(O)(CNCc2cccc3c2NCCC3)CC1. The van der Waals surface area contributed by atoms with Crippen LogP contribution in [0.15, 0.2) is 18.2 Å². The summed E-state index contributed by atoms with van der Waals surface area (Å²) in [5.74, 6) is 0.774. The minimum absolute atomic E-state index is 0.491. The van der Waals surface area contributed by atoms with Crippen LogP contribution in [-0.2, 0) is 13.0 Å². The second-order valence-electron chi connectivity index (χ2n) is 6.99. The van der Waals surface area contributed by atoms with E-state index in [2.05, 4.69) is 35.8 Å². The van der Waals surface area contributed by atoms with Crippen molar-refractivity contribution < 1.29 is 5.11 Å². The number of fused-ring (bicyclic) bond motifs is 1. The molecule has 1 aliphatic heterocycles. The minimum Gasteiger partial charge on any atom is -0.389 e. The molecular weight excluding hydrogens is 260 g/mol. The number of aliphatic hydroxyl groups is 1. The number of hydrogen-bond acceptors (Lipinski definition) is 3. The largest absolute Gasteiger partial charge is 0.389 e. The Morgan fingerprint density at radius 2 is 2.14 bits per heavy atom. The van der Waals surface area contributed by atoms with Gasteiger partial charge in [0, 0.05) is 25.3 Å². The van der Waals surface area contributed by atoms with Gasteiger partial charge in [0.25, 0.3) is 0 Å².